The van der Waals surface area contributed by atoms with Crippen molar-refractivity contribution in [1.29, 1.82) is 0 Å². The number of carbonyl (C=O) groups excluding carboxylic acids is 1. The van der Waals surface area contributed by atoms with E-state index in [-0.39, 0.29) is 5.91 Å². The molecule has 128 valence electrons. The highest BCUT2D eigenvalue weighted by Gasteiger charge is 2.11. The van der Waals surface area contributed by atoms with Crippen LogP contribution >= 0.6 is 0 Å². The molecule has 1 aromatic heterocycles. The number of aromatic nitrogens is 2. The molecule has 0 fully saturated rings. The van der Waals surface area contributed by atoms with Gasteiger partial charge >= 0.3 is 0 Å². The quantitative estimate of drug-likeness (QED) is 0.576. The lowest BCUT2D eigenvalue weighted by Gasteiger charge is -2.10. The highest BCUT2D eigenvalue weighted by molar-refractivity contribution is 6.06. The zero-order valence-corrected chi connectivity index (χ0v) is 14.7. The van der Waals surface area contributed by atoms with Gasteiger partial charge in [-0.1, -0.05) is 30.3 Å². The first-order valence-electron chi connectivity index (χ1n) is 8.53. The standard InChI is InChI=1S/C22H19N3O/c1-15-8-9-16(2)19(12-15)24-22(26)17-10-11-21-20(13-17)23-14-25(21)18-6-4-3-5-7-18/h3-14H,1-2H3,(H,24,26). The maximum absolute atomic E-state index is 12.7. The number of hydrogen-bond donors (Lipinski definition) is 1. The molecular weight excluding hydrogens is 322 g/mol. The number of rotatable bonds is 3. The van der Waals surface area contributed by atoms with E-state index in [0.29, 0.717) is 5.56 Å². The molecule has 0 saturated carbocycles. The third kappa shape index (κ3) is 2.97. The first kappa shape index (κ1) is 16.1. The van der Waals surface area contributed by atoms with E-state index in [4.69, 9.17) is 0 Å². The Hall–Kier alpha value is -3.40. The van der Waals surface area contributed by atoms with Crippen LogP contribution in [0, 0.1) is 13.8 Å². The number of amides is 1. The summed E-state index contributed by atoms with van der Waals surface area (Å²) >= 11 is 0. The molecule has 1 heterocycles. The van der Waals surface area contributed by atoms with Crippen molar-refractivity contribution in [3.63, 3.8) is 0 Å². The second-order valence-corrected chi connectivity index (χ2v) is 6.43. The molecule has 4 rings (SSSR count). The second-order valence-electron chi connectivity index (χ2n) is 6.43. The summed E-state index contributed by atoms with van der Waals surface area (Å²) in [5.74, 6) is -0.130. The predicted molar refractivity (Wildman–Crippen MR) is 105 cm³/mol. The number of benzene rings is 3. The number of imidazole rings is 1. The Bertz CT molecular complexity index is 1100. The van der Waals surface area contributed by atoms with Crippen LogP contribution in [0.25, 0.3) is 16.7 Å². The van der Waals surface area contributed by atoms with Gasteiger partial charge < -0.3 is 5.32 Å². The molecular formula is C22H19N3O. The van der Waals surface area contributed by atoms with Crippen molar-refractivity contribution in [3.05, 3.63) is 89.7 Å². The zero-order valence-electron chi connectivity index (χ0n) is 14.7. The van der Waals surface area contributed by atoms with Gasteiger partial charge in [0.05, 0.1) is 11.0 Å². The van der Waals surface area contributed by atoms with Crippen molar-refractivity contribution in [1.82, 2.24) is 9.55 Å². The summed E-state index contributed by atoms with van der Waals surface area (Å²) in [4.78, 5) is 17.1. The SMILES string of the molecule is Cc1ccc(C)c(NC(=O)c2ccc3c(c2)ncn3-c2ccccc2)c1. The maximum atomic E-state index is 12.7. The van der Waals surface area contributed by atoms with Gasteiger partial charge in [0.25, 0.3) is 5.91 Å². The number of anilines is 1. The molecule has 3 aromatic carbocycles. The van der Waals surface area contributed by atoms with Gasteiger partial charge in [-0.3, -0.25) is 9.36 Å². The minimum atomic E-state index is -0.130. The monoisotopic (exact) mass is 341 g/mol. The molecule has 1 N–H and O–H groups in total. The van der Waals surface area contributed by atoms with E-state index < -0.39 is 0 Å². The lowest BCUT2D eigenvalue weighted by Crippen LogP contribution is -2.12. The van der Waals surface area contributed by atoms with Gasteiger partial charge in [-0.15, -0.1) is 0 Å². The summed E-state index contributed by atoms with van der Waals surface area (Å²) in [6, 6.07) is 21.7. The van der Waals surface area contributed by atoms with E-state index in [9.17, 15) is 4.79 Å². The number of carbonyl (C=O) groups is 1. The lowest BCUT2D eigenvalue weighted by atomic mass is 10.1. The molecule has 0 spiro atoms. The van der Waals surface area contributed by atoms with Gasteiger partial charge in [-0.2, -0.15) is 0 Å². The first-order chi connectivity index (χ1) is 12.6. The number of nitrogens with one attached hydrogen (secondary N) is 1. The van der Waals surface area contributed by atoms with E-state index in [2.05, 4.69) is 10.3 Å². The Kier molecular flexibility index (Phi) is 4.01. The van der Waals surface area contributed by atoms with E-state index in [1.165, 1.54) is 0 Å². The number of para-hydroxylation sites is 1. The number of aryl methyl sites for hydroxylation is 2. The third-order valence-electron chi connectivity index (χ3n) is 4.49. The summed E-state index contributed by atoms with van der Waals surface area (Å²) in [7, 11) is 0. The molecule has 0 saturated heterocycles. The summed E-state index contributed by atoms with van der Waals surface area (Å²) in [6.45, 7) is 4.00. The Labute approximate surface area is 152 Å². The van der Waals surface area contributed by atoms with Gasteiger partial charge in [0.2, 0.25) is 0 Å². The highest BCUT2D eigenvalue weighted by Crippen LogP contribution is 2.21. The molecule has 0 aliphatic rings. The Morgan fingerprint density at radius 2 is 1.77 bits per heavy atom. The normalized spacial score (nSPS) is 10.8. The molecule has 1 amide bonds. The van der Waals surface area contributed by atoms with Crippen molar-refractivity contribution in [3.8, 4) is 5.69 Å². The average molecular weight is 341 g/mol. The summed E-state index contributed by atoms with van der Waals surface area (Å²) in [5, 5.41) is 3.00. The molecule has 0 aliphatic carbocycles. The predicted octanol–water partition coefficient (Wildman–Crippen LogP) is 4.89. The smallest absolute Gasteiger partial charge is 0.255 e. The van der Waals surface area contributed by atoms with E-state index >= 15 is 0 Å². The Morgan fingerprint density at radius 3 is 2.58 bits per heavy atom. The van der Waals surface area contributed by atoms with Crippen LogP contribution in [-0.4, -0.2) is 15.5 Å². The topological polar surface area (TPSA) is 46.9 Å². The summed E-state index contributed by atoms with van der Waals surface area (Å²) in [6.07, 6.45) is 1.78. The molecule has 4 nitrogen and oxygen atoms in total. The molecule has 4 aromatic rings. The minimum absolute atomic E-state index is 0.130. The fourth-order valence-corrected chi connectivity index (χ4v) is 3.01. The van der Waals surface area contributed by atoms with Crippen molar-refractivity contribution in [2.45, 2.75) is 13.8 Å². The molecule has 26 heavy (non-hydrogen) atoms. The number of hydrogen-bond acceptors (Lipinski definition) is 2. The van der Waals surface area contributed by atoms with Crippen LogP contribution in [0.3, 0.4) is 0 Å². The van der Waals surface area contributed by atoms with Crippen molar-refractivity contribution in [2.75, 3.05) is 5.32 Å². The maximum Gasteiger partial charge on any atom is 0.255 e. The van der Waals surface area contributed by atoms with E-state index in [1.807, 2.05) is 85.1 Å². The van der Waals surface area contributed by atoms with Crippen molar-refractivity contribution >= 4 is 22.6 Å². The molecule has 0 unspecified atom stereocenters. The van der Waals surface area contributed by atoms with Crippen molar-refractivity contribution < 1.29 is 4.79 Å². The molecule has 0 aliphatic heterocycles. The Balaban J connectivity index is 1.66. The summed E-state index contributed by atoms with van der Waals surface area (Å²) < 4.78 is 2.02. The fraction of sp³-hybridized carbons (Fsp3) is 0.0909. The van der Waals surface area contributed by atoms with E-state index in [0.717, 1.165) is 33.5 Å². The minimum Gasteiger partial charge on any atom is -0.322 e. The summed E-state index contributed by atoms with van der Waals surface area (Å²) in [5.41, 5.74) is 6.40. The van der Waals surface area contributed by atoms with Crippen LogP contribution in [0.1, 0.15) is 21.5 Å². The molecule has 4 heteroatoms. The average Bonchev–Trinajstić information content (AvgIpc) is 3.08. The van der Waals surface area contributed by atoms with Crippen LogP contribution in [0.5, 0.6) is 0 Å². The molecule has 0 radical (unpaired) electrons. The molecule has 0 atom stereocenters. The third-order valence-corrected chi connectivity index (χ3v) is 4.49. The van der Waals surface area contributed by atoms with E-state index in [1.54, 1.807) is 6.33 Å². The fourth-order valence-electron chi connectivity index (χ4n) is 3.01. The highest BCUT2D eigenvalue weighted by atomic mass is 16.1. The van der Waals surface area contributed by atoms with Gasteiger partial charge in [-0.05, 0) is 61.4 Å². The van der Waals surface area contributed by atoms with Gasteiger partial charge in [0, 0.05) is 16.9 Å². The Morgan fingerprint density at radius 1 is 0.962 bits per heavy atom. The van der Waals surface area contributed by atoms with Crippen LogP contribution < -0.4 is 5.32 Å². The van der Waals surface area contributed by atoms with Gasteiger partial charge in [0.15, 0.2) is 0 Å². The van der Waals surface area contributed by atoms with Crippen molar-refractivity contribution in [2.24, 2.45) is 0 Å². The van der Waals surface area contributed by atoms with Gasteiger partial charge in [0.1, 0.15) is 6.33 Å². The van der Waals surface area contributed by atoms with Gasteiger partial charge in [-0.25, -0.2) is 4.98 Å². The number of nitrogens with zero attached hydrogens (tertiary/aromatic N) is 2. The van der Waals surface area contributed by atoms with Crippen LogP contribution in [0.4, 0.5) is 5.69 Å². The van der Waals surface area contributed by atoms with Crippen LogP contribution in [0.15, 0.2) is 73.1 Å². The first-order valence-corrected chi connectivity index (χ1v) is 8.53. The number of fused-ring (bicyclic) bond motifs is 1. The molecule has 0 bridgehead atoms. The largest absolute Gasteiger partial charge is 0.322 e. The lowest BCUT2D eigenvalue weighted by molar-refractivity contribution is 0.102. The van der Waals surface area contributed by atoms with Crippen LogP contribution in [-0.2, 0) is 0 Å². The zero-order chi connectivity index (χ0) is 18.1. The second kappa shape index (κ2) is 6.48. The van der Waals surface area contributed by atoms with Crippen LogP contribution in [0.2, 0.25) is 0 Å².